The van der Waals surface area contributed by atoms with Crippen LogP contribution >= 0.6 is 0 Å². The SMILES string of the molecule is CC1(NCC(CN)c2ccccc2)CCCC1. The molecule has 1 atom stereocenters. The molecule has 17 heavy (non-hydrogen) atoms. The van der Waals surface area contributed by atoms with Crippen molar-refractivity contribution in [2.24, 2.45) is 5.73 Å². The Balaban J connectivity index is 1.92. The molecule has 0 aliphatic heterocycles. The molecule has 1 aliphatic rings. The van der Waals surface area contributed by atoms with Crippen molar-refractivity contribution in [3.8, 4) is 0 Å². The lowest BCUT2D eigenvalue weighted by molar-refractivity contribution is 0.353. The summed E-state index contributed by atoms with van der Waals surface area (Å²) in [7, 11) is 0. The van der Waals surface area contributed by atoms with Crippen LogP contribution in [0.25, 0.3) is 0 Å². The second-order valence-corrected chi connectivity index (χ2v) is 5.49. The van der Waals surface area contributed by atoms with Crippen molar-refractivity contribution in [1.29, 1.82) is 0 Å². The number of nitrogens with one attached hydrogen (secondary N) is 1. The predicted octanol–water partition coefficient (Wildman–Crippen LogP) is 2.65. The van der Waals surface area contributed by atoms with Crippen LogP contribution in [0.5, 0.6) is 0 Å². The second-order valence-electron chi connectivity index (χ2n) is 5.49. The van der Waals surface area contributed by atoms with Crippen LogP contribution < -0.4 is 11.1 Å². The highest BCUT2D eigenvalue weighted by molar-refractivity contribution is 5.20. The van der Waals surface area contributed by atoms with Gasteiger partial charge in [0.2, 0.25) is 0 Å². The molecule has 0 radical (unpaired) electrons. The summed E-state index contributed by atoms with van der Waals surface area (Å²) in [6.45, 7) is 4.06. The van der Waals surface area contributed by atoms with E-state index < -0.39 is 0 Å². The van der Waals surface area contributed by atoms with Crippen molar-refractivity contribution < 1.29 is 0 Å². The van der Waals surface area contributed by atoms with Gasteiger partial charge in [0.15, 0.2) is 0 Å². The maximum absolute atomic E-state index is 5.89. The first kappa shape index (κ1) is 12.6. The standard InChI is InChI=1S/C15H24N2/c1-15(9-5-6-10-15)17-12-14(11-16)13-7-3-2-4-8-13/h2-4,7-8,14,17H,5-6,9-12,16H2,1H3. The largest absolute Gasteiger partial charge is 0.330 e. The molecule has 1 fully saturated rings. The number of hydrogen-bond donors (Lipinski definition) is 2. The van der Waals surface area contributed by atoms with E-state index in [9.17, 15) is 0 Å². The Labute approximate surface area is 105 Å². The summed E-state index contributed by atoms with van der Waals surface area (Å²) in [5.41, 5.74) is 7.59. The molecule has 2 rings (SSSR count). The lowest BCUT2D eigenvalue weighted by Crippen LogP contribution is -2.42. The van der Waals surface area contributed by atoms with Crippen LogP contribution in [-0.4, -0.2) is 18.6 Å². The maximum atomic E-state index is 5.89. The lowest BCUT2D eigenvalue weighted by Gasteiger charge is -2.28. The van der Waals surface area contributed by atoms with E-state index in [-0.39, 0.29) is 0 Å². The van der Waals surface area contributed by atoms with Gasteiger partial charge in [-0.15, -0.1) is 0 Å². The Morgan fingerprint density at radius 3 is 2.47 bits per heavy atom. The Hall–Kier alpha value is -0.860. The molecule has 0 amide bonds. The summed E-state index contributed by atoms with van der Waals surface area (Å²) in [4.78, 5) is 0. The van der Waals surface area contributed by atoms with Crippen molar-refractivity contribution in [1.82, 2.24) is 5.32 Å². The van der Waals surface area contributed by atoms with Crippen LogP contribution in [0.1, 0.15) is 44.1 Å². The van der Waals surface area contributed by atoms with Crippen LogP contribution in [-0.2, 0) is 0 Å². The number of rotatable bonds is 5. The lowest BCUT2D eigenvalue weighted by atomic mass is 9.95. The van der Waals surface area contributed by atoms with Gasteiger partial charge in [0.1, 0.15) is 0 Å². The number of nitrogens with two attached hydrogens (primary N) is 1. The van der Waals surface area contributed by atoms with Crippen LogP contribution in [0, 0.1) is 0 Å². The highest BCUT2D eigenvalue weighted by atomic mass is 15.0. The van der Waals surface area contributed by atoms with Gasteiger partial charge in [0, 0.05) is 24.5 Å². The number of hydrogen-bond acceptors (Lipinski definition) is 2. The maximum Gasteiger partial charge on any atom is 0.0153 e. The smallest absolute Gasteiger partial charge is 0.0153 e. The molecule has 1 unspecified atom stereocenters. The fourth-order valence-corrected chi connectivity index (χ4v) is 2.76. The first-order chi connectivity index (χ1) is 8.23. The summed E-state index contributed by atoms with van der Waals surface area (Å²) in [6.07, 6.45) is 5.34. The third kappa shape index (κ3) is 3.30. The van der Waals surface area contributed by atoms with E-state index in [1.807, 2.05) is 0 Å². The van der Waals surface area contributed by atoms with Gasteiger partial charge in [0.25, 0.3) is 0 Å². The molecular formula is C15H24N2. The molecule has 0 saturated heterocycles. The first-order valence-electron chi connectivity index (χ1n) is 6.73. The monoisotopic (exact) mass is 232 g/mol. The summed E-state index contributed by atoms with van der Waals surface area (Å²) in [6, 6.07) is 10.6. The minimum Gasteiger partial charge on any atom is -0.330 e. The topological polar surface area (TPSA) is 38.0 Å². The van der Waals surface area contributed by atoms with Gasteiger partial charge in [-0.2, -0.15) is 0 Å². The van der Waals surface area contributed by atoms with Crippen LogP contribution in [0.2, 0.25) is 0 Å². The molecule has 1 aromatic carbocycles. The molecule has 3 N–H and O–H groups in total. The third-order valence-corrected chi connectivity index (χ3v) is 4.04. The van der Waals surface area contributed by atoms with Gasteiger partial charge in [-0.25, -0.2) is 0 Å². The molecule has 1 aromatic rings. The summed E-state index contributed by atoms with van der Waals surface area (Å²) < 4.78 is 0. The minimum atomic E-state index is 0.349. The normalized spacial score (nSPS) is 20.4. The molecular weight excluding hydrogens is 208 g/mol. The van der Waals surface area contributed by atoms with Crippen LogP contribution in [0.3, 0.4) is 0 Å². The van der Waals surface area contributed by atoms with Crippen molar-refractivity contribution in [2.45, 2.75) is 44.1 Å². The molecule has 0 aromatic heterocycles. The molecule has 1 saturated carbocycles. The van der Waals surface area contributed by atoms with Crippen LogP contribution in [0.15, 0.2) is 30.3 Å². The van der Waals surface area contributed by atoms with Gasteiger partial charge in [-0.05, 0) is 25.3 Å². The van der Waals surface area contributed by atoms with Gasteiger partial charge < -0.3 is 11.1 Å². The zero-order valence-electron chi connectivity index (χ0n) is 10.8. The first-order valence-corrected chi connectivity index (χ1v) is 6.73. The van der Waals surface area contributed by atoms with E-state index in [1.165, 1.54) is 31.2 Å². The fraction of sp³-hybridized carbons (Fsp3) is 0.600. The summed E-state index contributed by atoms with van der Waals surface area (Å²) in [5.74, 6) is 0.439. The van der Waals surface area contributed by atoms with E-state index >= 15 is 0 Å². The Morgan fingerprint density at radius 1 is 1.24 bits per heavy atom. The van der Waals surface area contributed by atoms with E-state index in [0.717, 1.165) is 6.54 Å². The number of benzene rings is 1. The average molecular weight is 232 g/mol. The van der Waals surface area contributed by atoms with Crippen molar-refractivity contribution in [2.75, 3.05) is 13.1 Å². The van der Waals surface area contributed by atoms with Gasteiger partial charge in [-0.3, -0.25) is 0 Å². The molecule has 94 valence electrons. The molecule has 0 bridgehead atoms. The van der Waals surface area contributed by atoms with E-state index in [4.69, 9.17) is 5.73 Å². The highest BCUT2D eigenvalue weighted by Crippen LogP contribution is 2.29. The molecule has 1 aliphatic carbocycles. The van der Waals surface area contributed by atoms with Gasteiger partial charge in [-0.1, -0.05) is 43.2 Å². The molecule has 2 heteroatoms. The summed E-state index contributed by atoms with van der Waals surface area (Å²) >= 11 is 0. The third-order valence-electron chi connectivity index (χ3n) is 4.04. The zero-order valence-corrected chi connectivity index (χ0v) is 10.8. The Morgan fingerprint density at radius 2 is 1.88 bits per heavy atom. The zero-order chi connectivity index (χ0) is 12.1. The summed E-state index contributed by atoms with van der Waals surface area (Å²) in [5, 5.41) is 3.73. The van der Waals surface area contributed by atoms with Gasteiger partial charge in [0.05, 0.1) is 0 Å². The molecule has 0 spiro atoms. The highest BCUT2D eigenvalue weighted by Gasteiger charge is 2.28. The van der Waals surface area contributed by atoms with Gasteiger partial charge >= 0.3 is 0 Å². The van der Waals surface area contributed by atoms with E-state index in [2.05, 4.69) is 42.6 Å². The Bertz CT molecular complexity index is 328. The van der Waals surface area contributed by atoms with Crippen molar-refractivity contribution in [3.63, 3.8) is 0 Å². The van der Waals surface area contributed by atoms with E-state index in [0.29, 0.717) is 18.0 Å². The van der Waals surface area contributed by atoms with Crippen LogP contribution in [0.4, 0.5) is 0 Å². The minimum absolute atomic E-state index is 0.349. The fourth-order valence-electron chi connectivity index (χ4n) is 2.76. The van der Waals surface area contributed by atoms with E-state index in [1.54, 1.807) is 0 Å². The van der Waals surface area contributed by atoms with Crippen molar-refractivity contribution in [3.05, 3.63) is 35.9 Å². The predicted molar refractivity (Wildman–Crippen MR) is 73.1 cm³/mol. The molecule has 0 heterocycles. The average Bonchev–Trinajstić information content (AvgIpc) is 2.79. The quantitative estimate of drug-likeness (QED) is 0.819. The Kier molecular flexibility index (Phi) is 4.19. The van der Waals surface area contributed by atoms with Crippen molar-refractivity contribution >= 4 is 0 Å². The second kappa shape index (κ2) is 5.65. The molecule has 2 nitrogen and oxygen atoms in total.